The fourth-order valence-electron chi connectivity index (χ4n) is 3.65. The molecule has 124 valence electrons. The fraction of sp³-hybridized carbons (Fsp3) is 0.316. The van der Waals surface area contributed by atoms with Gasteiger partial charge in [-0.25, -0.2) is 4.39 Å². The molecule has 1 atom stereocenters. The molecule has 4 rings (SSSR count). The molecule has 2 aromatic carbocycles. The molecule has 3 nitrogen and oxygen atoms in total. The summed E-state index contributed by atoms with van der Waals surface area (Å²) in [4.78, 5) is 17.0. The van der Waals surface area contributed by atoms with Crippen LogP contribution in [0, 0.1) is 5.82 Å². The minimum atomic E-state index is -0.320. The number of benzene rings is 2. The van der Waals surface area contributed by atoms with Gasteiger partial charge in [-0.2, -0.15) is 0 Å². The highest BCUT2D eigenvalue weighted by Gasteiger charge is 2.37. The Hall–Kier alpha value is -2.07. The Kier molecular flexibility index (Phi) is 3.72. The van der Waals surface area contributed by atoms with Crippen molar-refractivity contribution in [1.82, 2.24) is 0 Å². The molecular formula is C19H18ClFN2O. The van der Waals surface area contributed by atoms with Crippen molar-refractivity contribution in [2.75, 3.05) is 29.9 Å². The minimum Gasteiger partial charge on any atom is -0.373 e. The van der Waals surface area contributed by atoms with Crippen LogP contribution in [0.3, 0.4) is 0 Å². The Morgan fingerprint density at radius 1 is 1.17 bits per heavy atom. The van der Waals surface area contributed by atoms with Gasteiger partial charge in [-0.3, -0.25) is 4.79 Å². The lowest BCUT2D eigenvalue weighted by molar-refractivity contribution is -0.120. The smallest absolute Gasteiger partial charge is 0.234 e. The van der Waals surface area contributed by atoms with Crippen LogP contribution in [0.2, 0.25) is 5.02 Å². The van der Waals surface area contributed by atoms with Gasteiger partial charge in [0.05, 0.1) is 17.3 Å². The van der Waals surface area contributed by atoms with E-state index in [-0.39, 0.29) is 17.6 Å². The van der Waals surface area contributed by atoms with Gasteiger partial charge in [-0.15, -0.1) is 0 Å². The summed E-state index contributed by atoms with van der Waals surface area (Å²) in [5, 5.41) is 0.647. The minimum absolute atomic E-state index is 0.0342. The second-order valence-corrected chi connectivity index (χ2v) is 6.93. The Bertz CT molecular complexity index is 823. The summed E-state index contributed by atoms with van der Waals surface area (Å²) in [6, 6.07) is 10.4. The van der Waals surface area contributed by atoms with E-state index in [1.54, 1.807) is 11.0 Å². The number of fused-ring (bicyclic) bond motifs is 2. The van der Waals surface area contributed by atoms with Crippen molar-refractivity contribution in [3.05, 3.63) is 58.4 Å². The van der Waals surface area contributed by atoms with E-state index in [1.165, 1.54) is 17.7 Å². The molecule has 0 N–H and O–H groups in total. The zero-order valence-corrected chi connectivity index (χ0v) is 14.2. The highest BCUT2D eigenvalue weighted by Crippen LogP contribution is 2.41. The lowest BCUT2D eigenvalue weighted by atomic mass is 9.76. The standard InChI is InChI=1S/C19H18ClFN2O/c1-22-7-2-8-23(18-11-14(21)5-6-17(18)22)19(24)16-9-12-3-4-13(20)10-15(12)16/h3-6,10-11,16H,2,7-9H2,1H3. The number of carbonyl (C=O) groups excluding carboxylic acids is 1. The third-order valence-corrected chi connectivity index (χ3v) is 5.22. The van der Waals surface area contributed by atoms with Gasteiger partial charge in [0.1, 0.15) is 5.82 Å². The SMILES string of the molecule is CN1CCCN(C(=O)C2Cc3ccc(Cl)cc32)c2cc(F)ccc21. The fourth-order valence-corrected chi connectivity index (χ4v) is 3.84. The van der Waals surface area contributed by atoms with Crippen LogP contribution >= 0.6 is 11.6 Å². The summed E-state index contributed by atoms with van der Waals surface area (Å²) < 4.78 is 13.8. The number of amides is 1. The Morgan fingerprint density at radius 2 is 2.00 bits per heavy atom. The van der Waals surface area contributed by atoms with Gasteiger partial charge in [0.25, 0.3) is 0 Å². The molecule has 0 radical (unpaired) electrons. The van der Waals surface area contributed by atoms with Crippen LogP contribution < -0.4 is 9.80 Å². The third kappa shape index (κ3) is 2.46. The predicted molar refractivity (Wildman–Crippen MR) is 94.5 cm³/mol. The Labute approximate surface area is 145 Å². The molecule has 1 aliphatic heterocycles. The lowest BCUT2D eigenvalue weighted by Gasteiger charge is -2.34. The van der Waals surface area contributed by atoms with Crippen LogP contribution in [0.1, 0.15) is 23.5 Å². The van der Waals surface area contributed by atoms with Gasteiger partial charge in [-0.05, 0) is 54.3 Å². The number of halogens is 2. The quantitative estimate of drug-likeness (QED) is 0.781. The average molecular weight is 345 g/mol. The van der Waals surface area contributed by atoms with Crippen LogP contribution in [-0.2, 0) is 11.2 Å². The summed E-state index contributed by atoms with van der Waals surface area (Å²) >= 11 is 6.07. The van der Waals surface area contributed by atoms with E-state index in [0.29, 0.717) is 17.3 Å². The summed E-state index contributed by atoms with van der Waals surface area (Å²) in [7, 11) is 1.98. The van der Waals surface area contributed by atoms with Crippen molar-refractivity contribution in [2.24, 2.45) is 0 Å². The molecule has 24 heavy (non-hydrogen) atoms. The molecule has 1 unspecified atom stereocenters. The van der Waals surface area contributed by atoms with Crippen LogP contribution in [-0.4, -0.2) is 26.0 Å². The molecule has 1 heterocycles. The van der Waals surface area contributed by atoms with Crippen molar-refractivity contribution < 1.29 is 9.18 Å². The van der Waals surface area contributed by atoms with Gasteiger partial charge >= 0.3 is 0 Å². The van der Waals surface area contributed by atoms with Crippen LogP contribution in [0.15, 0.2) is 36.4 Å². The maximum atomic E-state index is 13.8. The molecule has 0 aromatic heterocycles. The second-order valence-electron chi connectivity index (χ2n) is 6.50. The maximum Gasteiger partial charge on any atom is 0.234 e. The molecule has 1 amide bonds. The van der Waals surface area contributed by atoms with Crippen molar-refractivity contribution in [2.45, 2.75) is 18.8 Å². The number of hydrogen-bond acceptors (Lipinski definition) is 2. The first-order chi connectivity index (χ1) is 11.5. The van der Waals surface area contributed by atoms with E-state index in [1.807, 2.05) is 25.2 Å². The van der Waals surface area contributed by atoms with E-state index >= 15 is 0 Å². The van der Waals surface area contributed by atoms with Gasteiger partial charge in [0.15, 0.2) is 0 Å². The van der Waals surface area contributed by atoms with E-state index in [0.717, 1.165) is 30.6 Å². The molecule has 0 saturated heterocycles. The molecule has 5 heteroatoms. The molecule has 2 aliphatic rings. The topological polar surface area (TPSA) is 23.6 Å². The number of nitrogens with zero attached hydrogens (tertiary/aromatic N) is 2. The average Bonchev–Trinajstić information content (AvgIpc) is 2.69. The first-order valence-electron chi connectivity index (χ1n) is 8.15. The number of hydrogen-bond donors (Lipinski definition) is 0. The summed E-state index contributed by atoms with van der Waals surface area (Å²) in [5.74, 6) is -0.468. The van der Waals surface area contributed by atoms with Crippen molar-refractivity contribution in [1.29, 1.82) is 0 Å². The van der Waals surface area contributed by atoms with E-state index < -0.39 is 0 Å². The van der Waals surface area contributed by atoms with Gasteiger partial charge in [0, 0.05) is 25.2 Å². The zero-order chi connectivity index (χ0) is 16.8. The first kappa shape index (κ1) is 15.5. The number of anilines is 2. The van der Waals surface area contributed by atoms with E-state index in [9.17, 15) is 9.18 Å². The monoisotopic (exact) mass is 344 g/mol. The van der Waals surface area contributed by atoms with E-state index in [2.05, 4.69) is 4.90 Å². The molecule has 2 aromatic rings. The van der Waals surface area contributed by atoms with E-state index in [4.69, 9.17) is 11.6 Å². The molecule has 0 saturated carbocycles. The number of carbonyl (C=O) groups is 1. The summed E-state index contributed by atoms with van der Waals surface area (Å²) in [6.07, 6.45) is 1.58. The maximum absolute atomic E-state index is 13.8. The highest BCUT2D eigenvalue weighted by molar-refractivity contribution is 6.30. The Morgan fingerprint density at radius 3 is 2.83 bits per heavy atom. The largest absolute Gasteiger partial charge is 0.373 e. The zero-order valence-electron chi connectivity index (χ0n) is 13.4. The third-order valence-electron chi connectivity index (χ3n) is 4.99. The first-order valence-corrected chi connectivity index (χ1v) is 8.53. The van der Waals surface area contributed by atoms with Gasteiger partial charge in [-0.1, -0.05) is 17.7 Å². The van der Waals surface area contributed by atoms with Gasteiger partial charge in [0.2, 0.25) is 5.91 Å². The summed E-state index contributed by atoms with van der Waals surface area (Å²) in [5.41, 5.74) is 3.73. The molecule has 0 spiro atoms. The Balaban J connectivity index is 1.70. The van der Waals surface area contributed by atoms with Gasteiger partial charge < -0.3 is 9.80 Å². The van der Waals surface area contributed by atoms with Crippen molar-refractivity contribution in [3.8, 4) is 0 Å². The second kappa shape index (κ2) is 5.78. The molecule has 0 fully saturated rings. The van der Waals surface area contributed by atoms with Crippen molar-refractivity contribution >= 4 is 28.9 Å². The lowest BCUT2D eigenvalue weighted by Crippen LogP contribution is -2.40. The molecule has 1 aliphatic carbocycles. The number of rotatable bonds is 1. The van der Waals surface area contributed by atoms with Crippen molar-refractivity contribution in [3.63, 3.8) is 0 Å². The molecular weight excluding hydrogens is 327 g/mol. The summed E-state index contributed by atoms with van der Waals surface area (Å²) in [6.45, 7) is 1.45. The van der Waals surface area contributed by atoms with Crippen LogP contribution in [0.25, 0.3) is 0 Å². The highest BCUT2D eigenvalue weighted by atomic mass is 35.5. The molecule has 0 bridgehead atoms. The van der Waals surface area contributed by atoms with Crippen LogP contribution in [0.4, 0.5) is 15.8 Å². The van der Waals surface area contributed by atoms with Crippen LogP contribution in [0.5, 0.6) is 0 Å². The normalized spacial score (nSPS) is 19.2. The predicted octanol–water partition coefficient (Wildman–Crippen LogP) is 3.99.